The van der Waals surface area contributed by atoms with E-state index in [1.54, 1.807) is 11.8 Å². The first-order chi connectivity index (χ1) is 18.3. The van der Waals surface area contributed by atoms with Crippen molar-refractivity contribution in [3.05, 3.63) is 102 Å². The first kappa shape index (κ1) is 24.0. The van der Waals surface area contributed by atoms with Crippen LogP contribution in [-0.4, -0.2) is 32.5 Å². The molecule has 0 spiro atoms. The molecule has 3 N–H and O–H groups in total. The van der Waals surface area contributed by atoms with Crippen molar-refractivity contribution in [2.75, 3.05) is 6.61 Å². The number of aromatic nitrogens is 4. The van der Waals surface area contributed by atoms with E-state index in [-0.39, 0.29) is 12.1 Å². The second-order valence-electron chi connectivity index (χ2n) is 9.57. The number of ether oxygens (including phenoxy) is 1. The van der Waals surface area contributed by atoms with E-state index in [0.717, 1.165) is 48.2 Å². The summed E-state index contributed by atoms with van der Waals surface area (Å²) in [6, 6.07) is 27.2. The van der Waals surface area contributed by atoms with Crippen molar-refractivity contribution in [3.63, 3.8) is 0 Å². The van der Waals surface area contributed by atoms with Gasteiger partial charge in [0, 0.05) is 29.5 Å². The molecule has 3 aromatic carbocycles. The standard InChI is InChI=1S/C30H31N5OS/c31-27(17-23-18-32-28-15-7-6-14-26(23)28)29-33-34-30(35(29)19-24-12-8-16-36-24)37-20-22-11-4-5-13-25(22)21-9-2-1-3-10-21/h1-7,9-11,13-15,18,24,27,32H,8,12,16-17,19-20,31H2. The van der Waals surface area contributed by atoms with Gasteiger partial charge in [-0.2, -0.15) is 0 Å². The zero-order valence-electron chi connectivity index (χ0n) is 20.7. The zero-order valence-corrected chi connectivity index (χ0v) is 21.5. The van der Waals surface area contributed by atoms with E-state index in [4.69, 9.17) is 10.5 Å². The summed E-state index contributed by atoms with van der Waals surface area (Å²) in [5, 5.41) is 11.3. The molecular weight excluding hydrogens is 478 g/mol. The van der Waals surface area contributed by atoms with Gasteiger partial charge in [-0.1, -0.05) is 84.6 Å². The van der Waals surface area contributed by atoms with Gasteiger partial charge in [-0.25, -0.2) is 0 Å². The number of hydrogen-bond acceptors (Lipinski definition) is 5. The molecule has 1 aliphatic heterocycles. The van der Waals surface area contributed by atoms with Crippen LogP contribution in [0.1, 0.15) is 35.8 Å². The Hall–Kier alpha value is -3.39. The maximum Gasteiger partial charge on any atom is 0.191 e. The summed E-state index contributed by atoms with van der Waals surface area (Å²) >= 11 is 1.71. The van der Waals surface area contributed by atoms with Gasteiger partial charge in [-0.15, -0.1) is 10.2 Å². The van der Waals surface area contributed by atoms with Crippen molar-refractivity contribution in [2.45, 2.75) is 48.9 Å². The Balaban J connectivity index is 1.26. The smallest absolute Gasteiger partial charge is 0.191 e. The number of nitrogens with two attached hydrogens (primary N) is 1. The number of benzene rings is 3. The lowest BCUT2D eigenvalue weighted by Crippen LogP contribution is -2.23. The number of para-hydroxylation sites is 1. The van der Waals surface area contributed by atoms with E-state index >= 15 is 0 Å². The molecule has 2 aromatic heterocycles. The second-order valence-corrected chi connectivity index (χ2v) is 10.5. The van der Waals surface area contributed by atoms with Crippen molar-refractivity contribution in [1.29, 1.82) is 0 Å². The van der Waals surface area contributed by atoms with Gasteiger partial charge < -0.3 is 20.0 Å². The van der Waals surface area contributed by atoms with Gasteiger partial charge in [0.25, 0.3) is 0 Å². The SMILES string of the molecule is NC(Cc1c[nH]c2ccccc12)c1nnc(SCc2ccccc2-c2ccccc2)n1CC1CCCO1. The summed E-state index contributed by atoms with van der Waals surface area (Å²) in [7, 11) is 0. The van der Waals surface area contributed by atoms with Gasteiger partial charge in [0.1, 0.15) is 0 Å². The molecule has 2 atom stereocenters. The zero-order chi connectivity index (χ0) is 25.0. The van der Waals surface area contributed by atoms with Crippen molar-refractivity contribution in [1.82, 2.24) is 19.7 Å². The van der Waals surface area contributed by atoms with Crippen LogP contribution >= 0.6 is 11.8 Å². The second kappa shape index (κ2) is 10.9. The Morgan fingerprint density at radius 2 is 1.78 bits per heavy atom. The van der Waals surface area contributed by atoms with E-state index in [0.29, 0.717) is 6.42 Å². The minimum Gasteiger partial charge on any atom is -0.376 e. The van der Waals surface area contributed by atoms with Crippen LogP contribution in [0.4, 0.5) is 0 Å². The molecular formula is C30H31N5OS. The quantitative estimate of drug-likeness (QED) is 0.233. The highest BCUT2D eigenvalue weighted by Gasteiger charge is 2.24. The largest absolute Gasteiger partial charge is 0.376 e. The lowest BCUT2D eigenvalue weighted by atomic mass is 10.0. The van der Waals surface area contributed by atoms with Crippen molar-refractivity contribution >= 4 is 22.7 Å². The Bertz CT molecular complexity index is 1470. The molecule has 5 aromatic rings. The number of hydrogen-bond donors (Lipinski definition) is 2. The van der Waals surface area contributed by atoms with Crippen molar-refractivity contribution < 1.29 is 4.74 Å². The van der Waals surface area contributed by atoms with Gasteiger partial charge in [0.05, 0.1) is 18.7 Å². The summed E-state index contributed by atoms with van der Waals surface area (Å²) in [5.41, 5.74) is 12.8. The fraction of sp³-hybridized carbons (Fsp3) is 0.267. The number of H-pyrrole nitrogens is 1. The predicted octanol–water partition coefficient (Wildman–Crippen LogP) is 6.14. The number of thioether (sulfide) groups is 1. The lowest BCUT2D eigenvalue weighted by Gasteiger charge is -2.18. The van der Waals surface area contributed by atoms with Gasteiger partial charge in [0.15, 0.2) is 11.0 Å². The van der Waals surface area contributed by atoms with E-state index in [1.165, 1.54) is 27.6 Å². The average molecular weight is 510 g/mol. The molecule has 0 amide bonds. The van der Waals surface area contributed by atoms with Crippen LogP contribution in [-0.2, 0) is 23.5 Å². The fourth-order valence-electron chi connectivity index (χ4n) is 5.16. The molecule has 0 aliphatic carbocycles. The highest BCUT2D eigenvalue weighted by molar-refractivity contribution is 7.98. The van der Waals surface area contributed by atoms with Gasteiger partial charge >= 0.3 is 0 Å². The molecule has 1 fully saturated rings. The van der Waals surface area contributed by atoms with Gasteiger partial charge in [-0.3, -0.25) is 0 Å². The molecule has 188 valence electrons. The highest BCUT2D eigenvalue weighted by atomic mass is 32.2. The third kappa shape index (κ3) is 5.21. The van der Waals surface area contributed by atoms with Gasteiger partial charge in [-0.05, 0) is 47.6 Å². The highest BCUT2D eigenvalue weighted by Crippen LogP contribution is 2.31. The van der Waals surface area contributed by atoms with Crippen LogP contribution in [0.2, 0.25) is 0 Å². The summed E-state index contributed by atoms with van der Waals surface area (Å²) in [4.78, 5) is 3.36. The van der Waals surface area contributed by atoms with Crippen molar-refractivity contribution in [2.24, 2.45) is 5.73 Å². The number of rotatable bonds is 9. The average Bonchev–Trinajstić information content (AvgIpc) is 3.70. The van der Waals surface area contributed by atoms with Crippen LogP contribution in [0.25, 0.3) is 22.0 Å². The Morgan fingerprint density at radius 3 is 2.65 bits per heavy atom. The monoisotopic (exact) mass is 509 g/mol. The normalized spacial score (nSPS) is 16.4. The Morgan fingerprint density at radius 1 is 0.973 bits per heavy atom. The summed E-state index contributed by atoms with van der Waals surface area (Å²) in [6.45, 7) is 1.54. The molecule has 2 unspecified atom stereocenters. The topological polar surface area (TPSA) is 81.8 Å². The Kier molecular flexibility index (Phi) is 7.08. The maximum absolute atomic E-state index is 6.79. The minimum atomic E-state index is -0.265. The fourth-order valence-corrected chi connectivity index (χ4v) is 6.12. The van der Waals surface area contributed by atoms with Crippen LogP contribution < -0.4 is 5.73 Å². The summed E-state index contributed by atoms with van der Waals surface area (Å²) < 4.78 is 8.19. The van der Waals surface area contributed by atoms with E-state index < -0.39 is 0 Å². The molecule has 6 nitrogen and oxygen atoms in total. The first-order valence-electron chi connectivity index (χ1n) is 12.9. The summed E-state index contributed by atoms with van der Waals surface area (Å²) in [5.74, 6) is 1.62. The summed E-state index contributed by atoms with van der Waals surface area (Å²) in [6.07, 6.45) is 5.06. The Labute approximate surface area is 221 Å². The van der Waals surface area contributed by atoms with Crippen LogP contribution in [0.3, 0.4) is 0 Å². The predicted molar refractivity (Wildman–Crippen MR) is 149 cm³/mol. The van der Waals surface area contributed by atoms with E-state index in [1.807, 2.05) is 6.07 Å². The molecule has 1 saturated heterocycles. The molecule has 0 saturated carbocycles. The third-order valence-corrected chi connectivity index (χ3v) is 8.08. The first-order valence-corrected chi connectivity index (χ1v) is 13.9. The molecule has 37 heavy (non-hydrogen) atoms. The van der Waals surface area contributed by atoms with Gasteiger partial charge in [0.2, 0.25) is 0 Å². The van der Waals surface area contributed by atoms with Crippen LogP contribution in [0.5, 0.6) is 0 Å². The number of nitrogens with zero attached hydrogens (tertiary/aromatic N) is 3. The molecule has 3 heterocycles. The lowest BCUT2D eigenvalue weighted by molar-refractivity contribution is 0.0938. The number of aromatic amines is 1. The van der Waals surface area contributed by atoms with Crippen LogP contribution in [0, 0.1) is 0 Å². The number of nitrogens with one attached hydrogen (secondary N) is 1. The number of fused-ring (bicyclic) bond motifs is 1. The van der Waals surface area contributed by atoms with E-state index in [2.05, 4.69) is 98.7 Å². The minimum absolute atomic E-state index is 0.172. The molecule has 1 aliphatic rings. The maximum atomic E-state index is 6.79. The molecule has 7 heteroatoms. The molecule has 0 radical (unpaired) electrons. The van der Waals surface area contributed by atoms with Crippen LogP contribution in [0.15, 0.2) is 90.2 Å². The van der Waals surface area contributed by atoms with Crippen molar-refractivity contribution in [3.8, 4) is 11.1 Å². The van der Waals surface area contributed by atoms with E-state index in [9.17, 15) is 0 Å². The third-order valence-electron chi connectivity index (χ3n) is 7.06. The molecule has 6 rings (SSSR count). The molecule has 0 bridgehead atoms.